The average molecular weight is 537 g/mol. The fourth-order valence-corrected chi connectivity index (χ4v) is 5.73. The topological polar surface area (TPSA) is 110 Å². The lowest BCUT2D eigenvalue weighted by molar-refractivity contribution is -0.145. The molecule has 0 saturated carbocycles. The standard InChI is InChI=1S/C30H40N4O3S/c1-20(19-30(2,3)32)15-27(35)33(4)26(17-21-12-13-22-9-6-7-10-23(22)16-21)29(37)34(5)25(28(31)36)18-24-11-8-14-38-24/h6-15,23,25-26H,16-19,32H2,1-5H3,(H2,31,36)/b20-15+/t23?,25-,26-/m1/s1. The molecule has 0 aliphatic heterocycles. The number of likely N-dealkylation sites (N-methyl/N-ethyl adjacent to an activating group) is 2. The molecule has 1 heterocycles. The van der Waals surface area contributed by atoms with E-state index in [0.717, 1.165) is 22.4 Å². The van der Waals surface area contributed by atoms with Gasteiger partial charge in [0.15, 0.2) is 0 Å². The Morgan fingerprint density at radius 2 is 1.87 bits per heavy atom. The van der Waals surface area contributed by atoms with Gasteiger partial charge in [0.25, 0.3) is 0 Å². The van der Waals surface area contributed by atoms with E-state index in [9.17, 15) is 14.4 Å². The maximum atomic E-state index is 14.0. The van der Waals surface area contributed by atoms with E-state index in [-0.39, 0.29) is 17.7 Å². The van der Waals surface area contributed by atoms with Crippen LogP contribution in [0.2, 0.25) is 0 Å². The second-order valence-electron chi connectivity index (χ2n) is 11.0. The number of hydrogen-bond donors (Lipinski definition) is 2. The number of fused-ring (bicyclic) bond motifs is 1. The van der Waals surface area contributed by atoms with E-state index in [1.165, 1.54) is 26.7 Å². The highest BCUT2D eigenvalue weighted by Crippen LogP contribution is 2.32. The lowest BCUT2D eigenvalue weighted by Gasteiger charge is -2.35. The number of carbonyl (C=O) groups is 3. The number of carbonyl (C=O) groups excluding carboxylic acids is 3. The molecular weight excluding hydrogens is 496 g/mol. The van der Waals surface area contributed by atoms with Crippen LogP contribution in [0.3, 0.4) is 0 Å². The molecule has 0 saturated heterocycles. The summed E-state index contributed by atoms with van der Waals surface area (Å²) in [5.74, 6) is -0.922. The van der Waals surface area contributed by atoms with Crippen molar-refractivity contribution in [3.05, 3.63) is 81.6 Å². The highest BCUT2D eigenvalue weighted by molar-refractivity contribution is 7.09. The average Bonchev–Trinajstić information content (AvgIpc) is 3.36. The molecule has 0 aromatic carbocycles. The summed E-state index contributed by atoms with van der Waals surface area (Å²) in [6, 6.07) is 2.21. The van der Waals surface area contributed by atoms with Crippen molar-refractivity contribution in [2.75, 3.05) is 14.1 Å². The highest BCUT2D eigenvalue weighted by atomic mass is 32.1. The van der Waals surface area contributed by atoms with E-state index >= 15 is 0 Å². The van der Waals surface area contributed by atoms with E-state index in [1.807, 2.05) is 56.5 Å². The fraction of sp³-hybridized carbons (Fsp3) is 0.433. The van der Waals surface area contributed by atoms with Crippen LogP contribution in [0.4, 0.5) is 0 Å². The largest absolute Gasteiger partial charge is 0.368 e. The number of primary amides is 1. The number of allylic oxidation sites excluding steroid dienone is 7. The molecule has 8 heteroatoms. The van der Waals surface area contributed by atoms with Crippen LogP contribution in [-0.2, 0) is 20.8 Å². The van der Waals surface area contributed by atoms with E-state index in [0.29, 0.717) is 19.3 Å². The molecule has 204 valence electrons. The van der Waals surface area contributed by atoms with Crippen LogP contribution in [0.1, 0.15) is 44.9 Å². The van der Waals surface area contributed by atoms with Gasteiger partial charge in [0, 0.05) is 42.9 Å². The molecule has 1 aromatic rings. The number of rotatable bonds is 11. The Hall–Kier alpha value is -3.23. The molecule has 7 nitrogen and oxygen atoms in total. The van der Waals surface area contributed by atoms with Crippen LogP contribution in [0.15, 0.2) is 76.8 Å². The predicted molar refractivity (Wildman–Crippen MR) is 154 cm³/mol. The highest BCUT2D eigenvalue weighted by Gasteiger charge is 2.35. The minimum atomic E-state index is -0.819. The second-order valence-corrected chi connectivity index (χ2v) is 12.1. The minimum absolute atomic E-state index is 0.251. The first-order chi connectivity index (χ1) is 17.9. The zero-order valence-corrected chi connectivity index (χ0v) is 23.8. The van der Waals surface area contributed by atoms with Crippen LogP contribution < -0.4 is 11.5 Å². The van der Waals surface area contributed by atoms with Gasteiger partial charge in [0.2, 0.25) is 17.7 Å². The molecule has 0 spiro atoms. The Kier molecular flexibility index (Phi) is 9.68. The number of amides is 3. The smallest absolute Gasteiger partial charge is 0.246 e. The van der Waals surface area contributed by atoms with Crippen molar-refractivity contribution in [2.24, 2.45) is 17.4 Å². The van der Waals surface area contributed by atoms with E-state index in [2.05, 4.69) is 18.2 Å². The van der Waals surface area contributed by atoms with Crippen LogP contribution >= 0.6 is 11.3 Å². The summed E-state index contributed by atoms with van der Waals surface area (Å²) in [6.45, 7) is 5.68. The predicted octanol–water partition coefficient (Wildman–Crippen LogP) is 3.89. The van der Waals surface area contributed by atoms with Gasteiger partial charge >= 0.3 is 0 Å². The van der Waals surface area contributed by atoms with Gasteiger partial charge in [-0.2, -0.15) is 0 Å². The molecule has 38 heavy (non-hydrogen) atoms. The molecule has 1 aromatic heterocycles. The van der Waals surface area contributed by atoms with Gasteiger partial charge < -0.3 is 21.3 Å². The summed E-state index contributed by atoms with van der Waals surface area (Å²) < 4.78 is 0. The number of nitrogens with zero attached hydrogens (tertiary/aromatic N) is 2. The summed E-state index contributed by atoms with van der Waals surface area (Å²) in [5.41, 5.74) is 14.6. The van der Waals surface area contributed by atoms with Crippen LogP contribution in [0, 0.1) is 5.92 Å². The van der Waals surface area contributed by atoms with Gasteiger partial charge in [-0.25, -0.2) is 0 Å². The van der Waals surface area contributed by atoms with Crippen molar-refractivity contribution in [1.82, 2.24) is 9.80 Å². The Morgan fingerprint density at radius 1 is 1.13 bits per heavy atom. The number of nitrogens with two attached hydrogens (primary N) is 2. The lowest BCUT2D eigenvalue weighted by atomic mass is 9.82. The fourth-order valence-electron chi connectivity index (χ4n) is 4.99. The zero-order valence-electron chi connectivity index (χ0n) is 23.0. The van der Waals surface area contributed by atoms with Gasteiger partial charge in [-0.1, -0.05) is 53.7 Å². The van der Waals surface area contributed by atoms with Crippen molar-refractivity contribution >= 4 is 29.1 Å². The molecular formula is C30H40N4O3S. The second kappa shape index (κ2) is 12.5. The van der Waals surface area contributed by atoms with Crippen molar-refractivity contribution in [3.63, 3.8) is 0 Å². The van der Waals surface area contributed by atoms with Crippen LogP contribution in [0.25, 0.3) is 0 Å². The molecule has 3 amide bonds. The van der Waals surface area contributed by atoms with E-state index in [4.69, 9.17) is 11.5 Å². The maximum Gasteiger partial charge on any atom is 0.246 e. The molecule has 0 bridgehead atoms. The lowest BCUT2D eigenvalue weighted by Crippen LogP contribution is -2.54. The molecule has 1 unspecified atom stereocenters. The van der Waals surface area contributed by atoms with Crippen LogP contribution in [0.5, 0.6) is 0 Å². The summed E-state index contributed by atoms with van der Waals surface area (Å²) in [6.07, 6.45) is 16.0. The Balaban J connectivity index is 1.88. The SMILES string of the molecule is C/C(=C\C(=O)N(C)[C@H](CC1=CC=C2C=CC=CC2C1)C(=O)N(C)[C@H](Cc1cccs1)C(N)=O)CC(C)(C)N. The minimum Gasteiger partial charge on any atom is -0.368 e. The van der Waals surface area contributed by atoms with Crippen molar-refractivity contribution in [1.29, 1.82) is 0 Å². The molecule has 0 radical (unpaired) electrons. The third kappa shape index (κ3) is 7.88. The number of hydrogen-bond acceptors (Lipinski definition) is 5. The Bertz CT molecular complexity index is 1180. The Morgan fingerprint density at radius 3 is 2.50 bits per heavy atom. The Labute approximate surface area is 230 Å². The molecule has 3 atom stereocenters. The zero-order chi connectivity index (χ0) is 28.0. The molecule has 2 aliphatic carbocycles. The first-order valence-corrected chi connectivity index (χ1v) is 13.8. The van der Waals surface area contributed by atoms with Crippen molar-refractivity contribution in [3.8, 4) is 0 Å². The van der Waals surface area contributed by atoms with Gasteiger partial charge in [-0.05, 0) is 57.1 Å². The van der Waals surface area contributed by atoms with Gasteiger partial charge in [0.05, 0.1) is 0 Å². The first kappa shape index (κ1) is 29.3. The van der Waals surface area contributed by atoms with Gasteiger partial charge in [0.1, 0.15) is 12.1 Å². The molecule has 4 N–H and O–H groups in total. The number of thiophene rings is 1. The molecule has 3 rings (SSSR count). The van der Waals surface area contributed by atoms with Crippen LogP contribution in [-0.4, -0.2) is 59.2 Å². The van der Waals surface area contributed by atoms with E-state index in [1.54, 1.807) is 20.2 Å². The van der Waals surface area contributed by atoms with E-state index < -0.39 is 23.5 Å². The van der Waals surface area contributed by atoms with Crippen molar-refractivity contribution < 1.29 is 14.4 Å². The van der Waals surface area contributed by atoms with Gasteiger partial charge in [-0.15, -0.1) is 11.3 Å². The van der Waals surface area contributed by atoms with Gasteiger partial charge in [-0.3, -0.25) is 14.4 Å². The molecule has 2 aliphatic rings. The third-order valence-electron chi connectivity index (χ3n) is 6.94. The summed E-state index contributed by atoms with van der Waals surface area (Å²) in [4.78, 5) is 43.6. The first-order valence-electron chi connectivity index (χ1n) is 12.9. The maximum absolute atomic E-state index is 14.0. The summed E-state index contributed by atoms with van der Waals surface area (Å²) in [7, 11) is 3.24. The monoisotopic (exact) mass is 536 g/mol. The summed E-state index contributed by atoms with van der Waals surface area (Å²) in [5, 5.41) is 1.92. The summed E-state index contributed by atoms with van der Waals surface area (Å²) >= 11 is 1.51. The normalized spacial score (nSPS) is 18.7. The quantitative estimate of drug-likeness (QED) is 0.418. The van der Waals surface area contributed by atoms with Crippen molar-refractivity contribution in [2.45, 2.75) is 64.1 Å². The third-order valence-corrected chi connectivity index (χ3v) is 7.84. The molecule has 0 fully saturated rings.